The molecule has 1 nitrogen and oxygen atoms in total. The fourth-order valence-electron chi connectivity index (χ4n) is 14.4. The summed E-state index contributed by atoms with van der Waals surface area (Å²) in [5, 5.41) is 8.58. The molecule has 6 aliphatic rings. The van der Waals surface area contributed by atoms with Crippen LogP contribution in [0, 0.1) is 69.5 Å². The normalized spacial score (nSPS) is 22.6. The van der Waals surface area contributed by atoms with Crippen molar-refractivity contribution in [2.75, 3.05) is 0 Å². The molecule has 5 aromatic carbocycles. The van der Waals surface area contributed by atoms with Gasteiger partial charge in [0, 0.05) is 0 Å². The van der Waals surface area contributed by atoms with Crippen molar-refractivity contribution in [3.05, 3.63) is 154 Å². The molecule has 0 aromatic heterocycles. The van der Waals surface area contributed by atoms with E-state index >= 15 is 0 Å². The summed E-state index contributed by atoms with van der Waals surface area (Å²) in [5.41, 5.74) is 9.48. The van der Waals surface area contributed by atoms with Gasteiger partial charge in [0.15, 0.2) is 0 Å². The lowest BCUT2D eigenvalue weighted by Gasteiger charge is -2.62. The predicted octanol–water partition coefficient (Wildman–Crippen LogP) is 24.8. The molecule has 6 saturated carbocycles. The van der Waals surface area contributed by atoms with Gasteiger partial charge in [-0.15, -0.1) is 0 Å². The van der Waals surface area contributed by atoms with Crippen molar-refractivity contribution < 1.29 is 12.3 Å². The predicted molar refractivity (Wildman–Crippen MR) is 362 cm³/mol. The van der Waals surface area contributed by atoms with Gasteiger partial charge in [-0.1, -0.05) is 292 Å². The van der Waals surface area contributed by atoms with Crippen molar-refractivity contribution in [1.29, 1.82) is 5.26 Å². The van der Waals surface area contributed by atoms with Crippen LogP contribution in [0.3, 0.4) is 0 Å². The van der Waals surface area contributed by atoms with E-state index in [4.69, 9.17) is 17.6 Å². The van der Waals surface area contributed by atoms with Gasteiger partial charge in [0.2, 0.25) is 0 Å². The van der Waals surface area contributed by atoms with E-state index in [1.165, 1.54) is 74.5 Å². The molecule has 1 heteroatoms. The fourth-order valence-corrected chi connectivity index (χ4v) is 14.4. The second-order valence-corrected chi connectivity index (χ2v) is 33.0. The van der Waals surface area contributed by atoms with Crippen LogP contribution in [-0.4, -0.2) is 0 Å². The van der Waals surface area contributed by atoms with Gasteiger partial charge in [-0.2, -0.15) is 5.26 Å². The maximum Gasteiger partial charge on any atom is 0.0991 e. The summed E-state index contributed by atoms with van der Waals surface area (Å²) in [6.45, 7) is 49.1. The van der Waals surface area contributed by atoms with Gasteiger partial charge in [0.1, 0.15) is 0 Å². The standard InChI is InChI=1S/C23H24.C14H24.C14H22.C11H13N.C10H20.C9H18/c1-17-10-8-13-19(16-17)21-15-9-14-20(22(21)23(2,3)4)18-11-6-5-7-12-18;1-13(2,3)14-7-10-4-11(8-14)6-12(5-10)9-14;1-13(2,3)11-9-7-8-10-12(11)14(4,5)6;1-11(2,3)10-6-4-9(8-12)5-7-10;1-10(2,3)9-7-5-4-6-8-9;1-9(2,3)8-6-4-5-7-8/h5-16H,1-4H3;10-12H,4-9H2,1-3H3;7-10H,1-6H3;4-7H,1-3H3;9H,4-8H2,1-3H3;8H,4-7H2,1-3H3/i5D,6D,7D,8D,10D,11D,12D,13D,16D;;;;;. The molecule has 6 aliphatic carbocycles. The molecule has 450 valence electrons. The first-order valence-electron chi connectivity index (χ1n) is 36.6. The van der Waals surface area contributed by atoms with Crippen LogP contribution in [0.5, 0.6) is 0 Å². The molecule has 0 atom stereocenters. The van der Waals surface area contributed by atoms with Gasteiger partial charge in [0.05, 0.1) is 24.0 Å². The smallest absolute Gasteiger partial charge is 0.0991 e. The first-order chi connectivity index (χ1) is 41.7. The van der Waals surface area contributed by atoms with Crippen molar-refractivity contribution in [2.24, 2.45) is 51.2 Å². The third-order valence-corrected chi connectivity index (χ3v) is 19.1. The Balaban J connectivity index is 0.000000214. The summed E-state index contributed by atoms with van der Waals surface area (Å²) in [7, 11) is 0. The molecule has 5 aromatic rings. The second kappa shape index (κ2) is 28.2. The summed E-state index contributed by atoms with van der Waals surface area (Å²) in [5.74, 6) is 5.35. The molecule has 6 fully saturated rings. The van der Waals surface area contributed by atoms with Crippen LogP contribution in [-0.2, 0) is 21.7 Å². The Bertz CT molecular complexity index is 3050. The molecule has 0 aliphatic heterocycles. The Morgan fingerprint density at radius 3 is 1.23 bits per heavy atom. The zero-order valence-corrected chi connectivity index (χ0v) is 56.3. The third-order valence-electron chi connectivity index (χ3n) is 19.1. The van der Waals surface area contributed by atoms with Gasteiger partial charge in [0.25, 0.3) is 0 Å². The fraction of sp³-hybridized carbons (Fsp3) is 0.617. The van der Waals surface area contributed by atoms with Crippen LogP contribution < -0.4 is 0 Å². The lowest BCUT2D eigenvalue weighted by atomic mass is 9.43. The van der Waals surface area contributed by atoms with Crippen molar-refractivity contribution in [1.82, 2.24) is 0 Å². The molecule has 0 saturated heterocycles. The van der Waals surface area contributed by atoms with Crippen LogP contribution in [0.15, 0.2) is 121 Å². The highest BCUT2D eigenvalue weighted by Gasteiger charge is 2.55. The van der Waals surface area contributed by atoms with E-state index in [2.05, 4.69) is 155 Å². The number of hydrogen-bond donors (Lipinski definition) is 0. The largest absolute Gasteiger partial charge is 0.192 e. The van der Waals surface area contributed by atoms with E-state index in [1.54, 1.807) is 63.6 Å². The first-order valence-corrected chi connectivity index (χ1v) is 32.1. The van der Waals surface area contributed by atoms with Crippen LogP contribution in [0.2, 0.25) is 0 Å². The van der Waals surface area contributed by atoms with E-state index in [0.717, 1.165) is 40.6 Å². The van der Waals surface area contributed by atoms with E-state index in [1.807, 2.05) is 45.0 Å². The lowest BCUT2D eigenvalue weighted by Crippen LogP contribution is -2.51. The summed E-state index contributed by atoms with van der Waals surface area (Å²) < 4.78 is 74.1. The first kappa shape index (κ1) is 55.5. The van der Waals surface area contributed by atoms with Gasteiger partial charge >= 0.3 is 0 Å². The van der Waals surface area contributed by atoms with E-state index in [9.17, 15) is 0 Å². The summed E-state index contributed by atoms with van der Waals surface area (Å²) in [6, 6.07) is 21.0. The highest BCUT2D eigenvalue weighted by molar-refractivity contribution is 5.80. The average Bonchev–Trinajstić information content (AvgIpc) is 0.925. The highest BCUT2D eigenvalue weighted by atomic mass is 14.6. The minimum absolute atomic E-state index is 0.0280. The quantitative estimate of drug-likeness (QED) is 0.173. The summed E-state index contributed by atoms with van der Waals surface area (Å²) >= 11 is 0. The summed E-state index contributed by atoms with van der Waals surface area (Å²) in [4.78, 5) is 0. The van der Waals surface area contributed by atoms with Crippen molar-refractivity contribution in [3.63, 3.8) is 0 Å². The number of nitriles is 1. The molecule has 0 radical (unpaired) electrons. The van der Waals surface area contributed by atoms with Gasteiger partial charge in [-0.3, -0.25) is 0 Å². The Morgan fingerprint density at radius 1 is 0.451 bits per heavy atom. The molecule has 82 heavy (non-hydrogen) atoms. The maximum absolute atomic E-state index is 8.59. The van der Waals surface area contributed by atoms with Gasteiger partial charge < -0.3 is 0 Å². The molecule has 0 spiro atoms. The van der Waals surface area contributed by atoms with Crippen molar-refractivity contribution in [2.45, 2.75) is 270 Å². The average molecular weight is 1120 g/mol. The van der Waals surface area contributed by atoms with Crippen molar-refractivity contribution >= 4 is 0 Å². The second-order valence-electron chi connectivity index (χ2n) is 33.0. The minimum Gasteiger partial charge on any atom is -0.192 e. The number of nitrogens with zero attached hydrogens (tertiary/aromatic N) is 1. The number of benzene rings is 5. The van der Waals surface area contributed by atoms with Gasteiger partial charge in [-0.25, -0.2) is 0 Å². The number of hydrogen-bond acceptors (Lipinski definition) is 1. The topological polar surface area (TPSA) is 23.8 Å². The maximum atomic E-state index is 8.59. The Morgan fingerprint density at radius 2 is 0.866 bits per heavy atom. The Hall–Kier alpha value is -4.41. The Labute approximate surface area is 519 Å². The Kier molecular flexibility index (Phi) is 19.1. The summed E-state index contributed by atoms with van der Waals surface area (Å²) in [6.07, 6.45) is 22.7. The van der Waals surface area contributed by atoms with Crippen molar-refractivity contribution in [3.8, 4) is 28.3 Å². The monoisotopic (exact) mass is 1120 g/mol. The molecule has 11 rings (SSSR count). The zero-order chi connectivity index (χ0) is 68.9. The van der Waals surface area contributed by atoms with Crippen LogP contribution in [0.25, 0.3) is 22.3 Å². The molecular formula is C81H121N. The van der Waals surface area contributed by atoms with E-state index in [0.29, 0.717) is 32.9 Å². The zero-order valence-electron chi connectivity index (χ0n) is 65.3. The lowest BCUT2D eigenvalue weighted by molar-refractivity contribution is -0.113. The SMILES string of the molecule is CC(C)(C)C12CC3CC(CC(C3)C1)C2.CC(C)(C)C1CCCC1.CC(C)(C)C1CCCCC1.CC(C)(C)c1ccc(C#N)cc1.CC(C)(C)c1ccccc1C(C)(C)C.[2H]c1c([2H])c([2H])c(-c2cccc(-c3c([2H])c([2H])c([2H])c(C)c3[2H])c2C(C)(C)C)c([2H])c1[2H]. The molecule has 0 N–H and O–H groups in total. The highest BCUT2D eigenvalue weighted by Crippen LogP contribution is 2.65. The molecule has 0 unspecified atom stereocenters. The molecule has 4 bridgehead atoms. The molecule has 0 amide bonds. The van der Waals surface area contributed by atoms with E-state index < -0.39 is 23.5 Å². The van der Waals surface area contributed by atoms with Crippen LogP contribution >= 0.6 is 0 Å². The third kappa shape index (κ3) is 19.8. The van der Waals surface area contributed by atoms with Crippen LogP contribution in [0.4, 0.5) is 0 Å². The minimum atomic E-state index is -0.594. The number of rotatable bonds is 2. The molecule has 0 heterocycles. The van der Waals surface area contributed by atoms with Crippen LogP contribution in [0.1, 0.15) is 287 Å². The molecular weight excluding hydrogens is 987 g/mol. The van der Waals surface area contributed by atoms with Gasteiger partial charge in [-0.05, 0) is 201 Å². The van der Waals surface area contributed by atoms with E-state index in [-0.39, 0.29) is 69.2 Å².